The highest BCUT2D eigenvalue weighted by Crippen LogP contribution is 2.15. The number of amides is 1. The van der Waals surface area contributed by atoms with Gasteiger partial charge in [0.15, 0.2) is 0 Å². The van der Waals surface area contributed by atoms with E-state index in [0.29, 0.717) is 18.9 Å². The molecule has 3 heteroatoms. The first kappa shape index (κ1) is 15.5. The molecule has 3 nitrogen and oxygen atoms in total. The number of carbonyl (C=O) groups is 1. The summed E-state index contributed by atoms with van der Waals surface area (Å²) < 4.78 is 0. The van der Waals surface area contributed by atoms with Crippen LogP contribution in [0.2, 0.25) is 0 Å². The van der Waals surface area contributed by atoms with Crippen LogP contribution in [-0.2, 0) is 11.3 Å². The second kappa shape index (κ2) is 7.79. The van der Waals surface area contributed by atoms with E-state index in [1.54, 1.807) is 0 Å². The van der Waals surface area contributed by atoms with Gasteiger partial charge in [-0.15, -0.1) is 0 Å². The van der Waals surface area contributed by atoms with Gasteiger partial charge >= 0.3 is 0 Å². The third-order valence-electron chi connectivity index (χ3n) is 3.38. The van der Waals surface area contributed by atoms with Gasteiger partial charge in [0, 0.05) is 26.1 Å². The summed E-state index contributed by atoms with van der Waals surface area (Å²) in [5.41, 5.74) is 1.25. The average molecular weight is 284 g/mol. The number of rotatable bonds is 7. The van der Waals surface area contributed by atoms with Gasteiger partial charge in [-0.1, -0.05) is 50.2 Å². The molecule has 2 aromatic carbocycles. The van der Waals surface area contributed by atoms with Crippen LogP contribution in [0, 0.1) is 5.92 Å². The molecule has 0 aliphatic rings. The second-order valence-corrected chi connectivity index (χ2v) is 5.81. The van der Waals surface area contributed by atoms with Crippen molar-refractivity contribution in [1.82, 2.24) is 10.6 Å². The Morgan fingerprint density at radius 1 is 1.10 bits per heavy atom. The second-order valence-electron chi connectivity index (χ2n) is 5.81. The van der Waals surface area contributed by atoms with E-state index in [1.807, 2.05) is 0 Å². The maximum atomic E-state index is 11.6. The normalized spacial score (nSPS) is 11.0. The summed E-state index contributed by atoms with van der Waals surface area (Å²) in [6, 6.07) is 14.8. The van der Waals surface area contributed by atoms with Crippen molar-refractivity contribution in [2.45, 2.75) is 26.8 Å². The zero-order chi connectivity index (χ0) is 15.1. The summed E-state index contributed by atoms with van der Waals surface area (Å²) >= 11 is 0. The first-order chi connectivity index (χ1) is 10.1. The molecular weight excluding hydrogens is 260 g/mol. The van der Waals surface area contributed by atoms with Gasteiger partial charge in [-0.2, -0.15) is 0 Å². The molecule has 0 saturated heterocycles. The number of fused-ring (bicyclic) bond motifs is 1. The van der Waals surface area contributed by atoms with Crippen LogP contribution in [0.25, 0.3) is 10.8 Å². The van der Waals surface area contributed by atoms with Crippen LogP contribution >= 0.6 is 0 Å². The molecule has 0 aromatic heterocycles. The molecule has 0 aliphatic carbocycles. The molecule has 0 aliphatic heterocycles. The van der Waals surface area contributed by atoms with E-state index >= 15 is 0 Å². The Morgan fingerprint density at radius 3 is 2.62 bits per heavy atom. The molecule has 0 fully saturated rings. The zero-order valence-corrected chi connectivity index (χ0v) is 12.9. The topological polar surface area (TPSA) is 41.1 Å². The summed E-state index contributed by atoms with van der Waals surface area (Å²) in [5.74, 6) is 0.620. The number of benzene rings is 2. The quantitative estimate of drug-likeness (QED) is 0.767. The van der Waals surface area contributed by atoms with Gasteiger partial charge in [-0.25, -0.2) is 0 Å². The van der Waals surface area contributed by atoms with Crippen LogP contribution in [0.15, 0.2) is 42.5 Å². The SMILES string of the molecule is CC(C)CNC(=O)CCNCc1ccc2ccccc2c1. The van der Waals surface area contributed by atoms with Gasteiger partial charge in [-0.3, -0.25) is 4.79 Å². The van der Waals surface area contributed by atoms with E-state index in [2.05, 4.69) is 66.9 Å². The summed E-state index contributed by atoms with van der Waals surface area (Å²) in [6.45, 7) is 6.44. The molecule has 0 bridgehead atoms. The summed E-state index contributed by atoms with van der Waals surface area (Å²) in [4.78, 5) is 11.6. The molecule has 0 spiro atoms. The molecule has 0 saturated carbocycles. The van der Waals surface area contributed by atoms with E-state index in [-0.39, 0.29) is 5.91 Å². The number of nitrogens with one attached hydrogen (secondary N) is 2. The maximum absolute atomic E-state index is 11.6. The lowest BCUT2D eigenvalue weighted by molar-refractivity contribution is -0.121. The molecule has 21 heavy (non-hydrogen) atoms. The Hall–Kier alpha value is -1.87. The van der Waals surface area contributed by atoms with Crippen molar-refractivity contribution in [2.24, 2.45) is 5.92 Å². The molecule has 0 heterocycles. The summed E-state index contributed by atoms with van der Waals surface area (Å²) in [7, 11) is 0. The van der Waals surface area contributed by atoms with Crippen molar-refractivity contribution in [3.05, 3.63) is 48.0 Å². The van der Waals surface area contributed by atoms with E-state index in [0.717, 1.165) is 13.1 Å². The fourth-order valence-corrected chi connectivity index (χ4v) is 2.19. The third kappa shape index (κ3) is 5.20. The number of hydrogen-bond donors (Lipinski definition) is 2. The standard InChI is InChI=1S/C18H24N2O/c1-14(2)12-20-18(21)9-10-19-13-15-7-8-16-5-3-4-6-17(16)11-15/h3-8,11,14,19H,9-10,12-13H2,1-2H3,(H,20,21). The van der Waals surface area contributed by atoms with Gasteiger partial charge in [0.1, 0.15) is 0 Å². The Balaban J connectivity index is 1.73. The van der Waals surface area contributed by atoms with Crippen molar-refractivity contribution >= 4 is 16.7 Å². The van der Waals surface area contributed by atoms with Crippen molar-refractivity contribution in [2.75, 3.05) is 13.1 Å². The minimum atomic E-state index is 0.120. The molecule has 2 rings (SSSR count). The molecular formula is C18H24N2O. The first-order valence-electron chi connectivity index (χ1n) is 7.60. The van der Waals surface area contributed by atoms with Crippen molar-refractivity contribution in [3.8, 4) is 0 Å². The highest BCUT2D eigenvalue weighted by molar-refractivity contribution is 5.83. The lowest BCUT2D eigenvalue weighted by Crippen LogP contribution is -2.30. The molecule has 2 N–H and O–H groups in total. The molecule has 0 radical (unpaired) electrons. The van der Waals surface area contributed by atoms with Gasteiger partial charge in [-0.05, 0) is 28.3 Å². The Morgan fingerprint density at radius 2 is 1.86 bits per heavy atom. The van der Waals surface area contributed by atoms with Crippen LogP contribution in [0.1, 0.15) is 25.8 Å². The molecule has 0 unspecified atom stereocenters. The summed E-state index contributed by atoms with van der Waals surface area (Å²) in [5, 5.41) is 8.76. The minimum absolute atomic E-state index is 0.120. The fraction of sp³-hybridized carbons (Fsp3) is 0.389. The minimum Gasteiger partial charge on any atom is -0.356 e. The highest BCUT2D eigenvalue weighted by Gasteiger charge is 2.02. The van der Waals surface area contributed by atoms with Crippen molar-refractivity contribution in [1.29, 1.82) is 0 Å². The third-order valence-corrected chi connectivity index (χ3v) is 3.38. The lowest BCUT2D eigenvalue weighted by Gasteiger charge is -2.09. The van der Waals surface area contributed by atoms with Crippen LogP contribution in [0.4, 0.5) is 0 Å². The monoisotopic (exact) mass is 284 g/mol. The van der Waals surface area contributed by atoms with Crippen molar-refractivity contribution < 1.29 is 4.79 Å². The van der Waals surface area contributed by atoms with Gasteiger partial charge in [0.05, 0.1) is 0 Å². The van der Waals surface area contributed by atoms with E-state index < -0.39 is 0 Å². The molecule has 2 aromatic rings. The first-order valence-corrected chi connectivity index (χ1v) is 7.60. The summed E-state index contributed by atoms with van der Waals surface area (Å²) in [6.07, 6.45) is 0.528. The van der Waals surface area contributed by atoms with Gasteiger partial charge < -0.3 is 10.6 Å². The Bertz CT molecular complexity index is 593. The lowest BCUT2D eigenvalue weighted by atomic mass is 10.1. The van der Waals surface area contributed by atoms with Crippen LogP contribution in [-0.4, -0.2) is 19.0 Å². The molecule has 112 valence electrons. The molecule has 0 atom stereocenters. The van der Waals surface area contributed by atoms with E-state index in [9.17, 15) is 4.79 Å². The highest BCUT2D eigenvalue weighted by atomic mass is 16.1. The maximum Gasteiger partial charge on any atom is 0.221 e. The number of hydrogen-bond acceptors (Lipinski definition) is 2. The largest absolute Gasteiger partial charge is 0.356 e. The predicted octanol–water partition coefficient (Wildman–Crippen LogP) is 3.09. The average Bonchev–Trinajstić information content (AvgIpc) is 2.49. The molecule has 1 amide bonds. The van der Waals surface area contributed by atoms with Crippen molar-refractivity contribution in [3.63, 3.8) is 0 Å². The van der Waals surface area contributed by atoms with E-state index in [1.165, 1.54) is 16.3 Å². The smallest absolute Gasteiger partial charge is 0.221 e. The van der Waals surface area contributed by atoms with Gasteiger partial charge in [0.25, 0.3) is 0 Å². The number of carbonyl (C=O) groups excluding carboxylic acids is 1. The van der Waals surface area contributed by atoms with E-state index in [4.69, 9.17) is 0 Å². The predicted molar refractivity (Wildman–Crippen MR) is 88.1 cm³/mol. The Kier molecular flexibility index (Phi) is 5.76. The van der Waals surface area contributed by atoms with Crippen LogP contribution in [0.3, 0.4) is 0 Å². The van der Waals surface area contributed by atoms with Crippen LogP contribution < -0.4 is 10.6 Å². The van der Waals surface area contributed by atoms with Crippen LogP contribution in [0.5, 0.6) is 0 Å². The van der Waals surface area contributed by atoms with Gasteiger partial charge in [0.2, 0.25) is 5.91 Å². The Labute approximate surface area is 126 Å². The zero-order valence-electron chi connectivity index (χ0n) is 12.9. The fourth-order valence-electron chi connectivity index (χ4n) is 2.19.